The SMILES string of the molecule is CCCCc1nc(O)c(Cc2ccc(-c3ncon3)cc2F)c(=O)n1-c1c(OC)cccc1OC. The van der Waals surface area contributed by atoms with Crippen LogP contribution in [0.25, 0.3) is 17.1 Å². The van der Waals surface area contributed by atoms with Crippen molar-refractivity contribution in [1.82, 2.24) is 19.7 Å². The third kappa shape index (κ3) is 4.72. The highest BCUT2D eigenvalue weighted by atomic mass is 19.1. The van der Waals surface area contributed by atoms with Crippen LogP contribution in [0.15, 0.2) is 52.1 Å². The van der Waals surface area contributed by atoms with Crippen LogP contribution in [0, 0.1) is 5.82 Å². The number of aromatic hydroxyl groups is 1. The third-order valence-electron chi connectivity index (χ3n) is 5.64. The molecule has 4 aromatic rings. The van der Waals surface area contributed by atoms with Crippen LogP contribution in [-0.4, -0.2) is 39.0 Å². The number of aromatic nitrogens is 4. The molecule has 0 unspecified atom stereocenters. The first kappa shape index (κ1) is 23.9. The summed E-state index contributed by atoms with van der Waals surface area (Å²) < 4.78 is 32.1. The number of hydrogen-bond donors (Lipinski definition) is 1. The van der Waals surface area contributed by atoms with Gasteiger partial charge >= 0.3 is 0 Å². The molecule has 0 spiro atoms. The molecule has 9 nitrogen and oxygen atoms in total. The van der Waals surface area contributed by atoms with Crippen molar-refractivity contribution in [2.24, 2.45) is 0 Å². The zero-order chi connectivity index (χ0) is 24.9. The Hall–Kier alpha value is -4.21. The van der Waals surface area contributed by atoms with Crippen molar-refractivity contribution in [2.45, 2.75) is 32.6 Å². The average Bonchev–Trinajstić information content (AvgIpc) is 3.40. The van der Waals surface area contributed by atoms with Crippen molar-refractivity contribution >= 4 is 0 Å². The molecule has 0 bridgehead atoms. The Morgan fingerprint density at radius 3 is 2.49 bits per heavy atom. The smallest absolute Gasteiger partial charge is 0.265 e. The summed E-state index contributed by atoms with van der Waals surface area (Å²) >= 11 is 0. The number of rotatable bonds is 9. The number of aryl methyl sites for hydroxylation is 1. The summed E-state index contributed by atoms with van der Waals surface area (Å²) in [5.74, 6) is 0.381. The Morgan fingerprint density at radius 1 is 1.14 bits per heavy atom. The number of para-hydroxylation sites is 1. The predicted molar refractivity (Wildman–Crippen MR) is 126 cm³/mol. The van der Waals surface area contributed by atoms with E-state index in [0.29, 0.717) is 35.0 Å². The fourth-order valence-corrected chi connectivity index (χ4v) is 3.85. The van der Waals surface area contributed by atoms with E-state index in [-0.39, 0.29) is 23.4 Å². The van der Waals surface area contributed by atoms with E-state index >= 15 is 0 Å². The predicted octanol–water partition coefficient (Wildman–Crippen LogP) is 4.08. The molecule has 0 fully saturated rings. The second kappa shape index (κ2) is 10.4. The van der Waals surface area contributed by atoms with Gasteiger partial charge in [-0.2, -0.15) is 9.97 Å². The van der Waals surface area contributed by atoms with Gasteiger partial charge in [0.05, 0.1) is 19.8 Å². The zero-order valence-corrected chi connectivity index (χ0v) is 19.6. The molecule has 0 aliphatic rings. The van der Waals surface area contributed by atoms with Crippen LogP contribution >= 0.6 is 0 Å². The highest BCUT2D eigenvalue weighted by molar-refractivity contribution is 5.59. The first-order valence-electron chi connectivity index (χ1n) is 11.1. The summed E-state index contributed by atoms with van der Waals surface area (Å²) in [6.45, 7) is 2.02. The third-order valence-corrected chi connectivity index (χ3v) is 5.64. The molecule has 10 heteroatoms. The van der Waals surface area contributed by atoms with Gasteiger partial charge in [0.2, 0.25) is 18.1 Å². The lowest BCUT2D eigenvalue weighted by atomic mass is 10.0. The molecule has 0 saturated heterocycles. The minimum atomic E-state index is -0.581. The quantitative estimate of drug-likeness (QED) is 0.381. The van der Waals surface area contributed by atoms with Crippen molar-refractivity contribution < 1.29 is 23.5 Å². The highest BCUT2D eigenvalue weighted by Gasteiger charge is 2.23. The number of methoxy groups -OCH3 is 2. The molecule has 4 rings (SSSR count). The maximum atomic E-state index is 15.0. The number of unbranched alkanes of at least 4 members (excludes halogenated alkanes) is 1. The second-order valence-electron chi connectivity index (χ2n) is 7.82. The van der Waals surface area contributed by atoms with Gasteiger partial charge in [-0.25, -0.2) is 4.39 Å². The molecule has 182 valence electrons. The molecule has 0 atom stereocenters. The minimum absolute atomic E-state index is 0.0515. The van der Waals surface area contributed by atoms with Gasteiger partial charge < -0.3 is 19.1 Å². The standard InChI is InChI=1S/C25H25FN4O5/c1-4-5-9-21-28-24(31)17(12-15-10-11-16(13-18(15)26)23-27-14-35-29-23)25(32)30(21)22-19(33-2)7-6-8-20(22)34-3/h6-8,10-11,13-14,31H,4-5,9,12H2,1-3H3. The maximum Gasteiger partial charge on any atom is 0.265 e. The van der Waals surface area contributed by atoms with Gasteiger partial charge in [0.1, 0.15) is 28.8 Å². The van der Waals surface area contributed by atoms with Crippen LogP contribution in [0.1, 0.15) is 36.7 Å². The van der Waals surface area contributed by atoms with Gasteiger partial charge in [-0.05, 0) is 30.2 Å². The zero-order valence-electron chi connectivity index (χ0n) is 19.6. The fourth-order valence-electron chi connectivity index (χ4n) is 3.85. The molecule has 0 radical (unpaired) electrons. The Bertz CT molecular complexity index is 1360. The number of halogens is 1. The monoisotopic (exact) mass is 480 g/mol. The Balaban J connectivity index is 1.86. The van der Waals surface area contributed by atoms with E-state index in [1.807, 2.05) is 6.92 Å². The lowest BCUT2D eigenvalue weighted by molar-refractivity contribution is 0.387. The number of ether oxygens (including phenoxy) is 2. The van der Waals surface area contributed by atoms with Gasteiger partial charge in [-0.1, -0.05) is 36.7 Å². The van der Waals surface area contributed by atoms with Gasteiger partial charge in [0.15, 0.2) is 0 Å². The van der Waals surface area contributed by atoms with E-state index in [1.54, 1.807) is 24.3 Å². The molecule has 2 heterocycles. The molecule has 0 amide bonds. The van der Waals surface area contributed by atoms with E-state index < -0.39 is 17.3 Å². The maximum absolute atomic E-state index is 15.0. The van der Waals surface area contributed by atoms with Crippen LogP contribution in [0.3, 0.4) is 0 Å². The van der Waals surface area contributed by atoms with Gasteiger partial charge in [-0.15, -0.1) is 0 Å². The first-order valence-corrected chi connectivity index (χ1v) is 11.1. The van der Waals surface area contributed by atoms with E-state index in [2.05, 4.69) is 15.1 Å². The molecule has 2 aromatic heterocycles. The van der Waals surface area contributed by atoms with Crippen molar-refractivity contribution in [3.8, 4) is 34.5 Å². The van der Waals surface area contributed by atoms with E-state index in [0.717, 1.165) is 19.2 Å². The van der Waals surface area contributed by atoms with Crippen molar-refractivity contribution in [2.75, 3.05) is 14.2 Å². The molecule has 35 heavy (non-hydrogen) atoms. The summed E-state index contributed by atoms with van der Waals surface area (Å²) in [5, 5.41) is 14.4. The number of benzene rings is 2. The topological polar surface area (TPSA) is 113 Å². The molecule has 0 aliphatic heterocycles. The summed E-state index contributed by atoms with van der Waals surface area (Å²) in [6.07, 6.45) is 3.02. The molecular weight excluding hydrogens is 455 g/mol. The second-order valence-corrected chi connectivity index (χ2v) is 7.82. The molecule has 0 saturated carbocycles. The number of hydrogen-bond acceptors (Lipinski definition) is 8. The molecule has 0 aliphatic carbocycles. The van der Waals surface area contributed by atoms with Crippen LogP contribution < -0.4 is 15.0 Å². The van der Waals surface area contributed by atoms with Gasteiger partial charge in [-0.3, -0.25) is 9.36 Å². The fraction of sp³-hybridized carbons (Fsp3) is 0.280. The van der Waals surface area contributed by atoms with Crippen molar-refractivity contribution in [3.63, 3.8) is 0 Å². The van der Waals surface area contributed by atoms with Crippen LogP contribution in [0.5, 0.6) is 17.4 Å². The van der Waals surface area contributed by atoms with Crippen LogP contribution in [-0.2, 0) is 12.8 Å². The summed E-state index contributed by atoms with van der Waals surface area (Å²) in [4.78, 5) is 22.0. The van der Waals surface area contributed by atoms with E-state index in [1.165, 1.54) is 30.9 Å². The molecule has 1 N–H and O–H groups in total. The largest absolute Gasteiger partial charge is 0.494 e. The average molecular weight is 480 g/mol. The van der Waals surface area contributed by atoms with E-state index in [9.17, 15) is 14.3 Å². The molecular formula is C25H25FN4O5. The van der Waals surface area contributed by atoms with Crippen molar-refractivity contribution in [1.29, 1.82) is 0 Å². The normalized spacial score (nSPS) is 11.0. The summed E-state index contributed by atoms with van der Waals surface area (Å²) in [6, 6.07) is 9.53. The Kier molecular flexibility index (Phi) is 7.09. The van der Waals surface area contributed by atoms with Crippen molar-refractivity contribution in [3.05, 3.63) is 75.9 Å². The Labute approximate surface area is 200 Å². The highest BCUT2D eigenvalue weighted by Crippen LogP contribution is 2.33. The summed E-state index contributed by atoms with van der Waals surface area (Å²) in [5.41, 5.74) is 0.410. The Morgan fingerprint density at radius 2 is 1.89 bits per heavy atom. The lowest BCUT2D eigenvalue weighted by Crippen LogP contribution is -2.28. The number of nitrogens with zero attached hydrogens (tertiary/aromatic N) is 4. The molecule has 2 aromatic carbocycles. The van der Waals surface area contributed by atoms with Crippen LogP contribution in [0.2, 0.25) is 0 Å². The van der Waals surface area contributed by atoms with E-state index in [4.69, 9.17) is 14.0 Å². The lowest BCUT2D eigenvalue weighted by Gasteiger charge is -2.19. The summed E-state index contributed by atoms with van der Waals surface area (Å²) in [7, 11) is 2.98. The van der Waals surface area contributed by atoms with Gasteiger partial charge in [0.25, 0.3) is 5.56 Å². The van der Waals surface area contributed by atoms with Crippen LogP contribution in [0.4, 0.5) is 4.39 Å². The first-order chi connectivity index (χ1) is 17.0. The minimum Gasteiger partial charge on any atom is -0.494 e. The van der Waals surface area contributed by atoms with Gasteiger partial charge in [0, 0.05) is 18.4 Å².